The molecule has 5 nitrogen and oxygen atoms in total. The molecule has 0 aliphatic rings. The molecule has 0 fully saturated rings. The van der Waals surface area contributed by atoms with E-state index in [0.29, 0.717) is 5.69 Å². The van der Waals surface area contributed by atoms with E-state index in [-0.39, 0.29) is 24.4 Å². The van der Waals surface area contributed by atoms with Gasteiger partial charge in [0.15, 0.2) is 0 Å². The van der Waals surface area contributed by atoms with Crippen molar-refractivity contribution < 1.29 is 9.90 Å². The Labute approximate surface area is 115 Å². The Morgan fingerprint density at radius 2 is 2.05 bits per heavy atom. The summed E-state index contributed by atoms with van der Waals surface area (Å²) in [5, 5.41) is 16.9. The van der Waals surface area contributed by atoms with Crippen molar-refractivity contribution >= 4 is 5.91 Å². The van der Waals surface area contributed by atoms with Gasteiger partial charge in [-0.2, -0.15) is 5.10 Å². The number of rotatable bonds is 7. The zero-order valence-corrected chi connectivity index (χ0v) is 12.3. The van der Waals surface area contributed by atoms with Gasteiger partial charge in [-0.1, -0.05) is 26.7 Å². The summed E-state index contributed by atoms with van der Waals surface area (Å²) in [4.78, 5) is 12.1. The van der Waals surface area contributed by atoms with Crippen LogP contribution in [0.4, 0.5) is 0 Å². The molecule has 19 heavy (non-hydrogen) atoms. The number of aromatic nitrogens is 2. The molecule has 1 aromatic rings. The maximum Gasteiger partial charge on any atom is 0.269 e. The summed E-state index contributed by atoms with van der Waals surface area (Å²) in [6.07, 6.45) is 2.95. The summed E-state index contributed by atoms with van der Waals surface area (Å²) in [6.45, 7) is 8.33. The molecule has 1 amide bonds. The molecule has 1 aromatic heterocycles. The highest BCUT2D eigenvalue weighted by Gasteiger charge is 2.18. The van der Waals surface area contributed by atoms with Gasteiger partial charge in [-0.05, 0) is 25.8 Å². The van der Waals surface area contributed by atoms with Crippen LogP contribution in [0.1, 0.15) is 57.1 Å². The average molecular weight is 267 g/mol. The van der Waals surface area contributed by atoms with Gasteiger partial charge >= 0.3 is 0 Å². The summed E-state index contributed by atoms with van der Waals surface area (Å²) in [5.41, 5.74) is 0.534. The summed E-state index contributed by atoms with van der Waals surface area (Å²) in [6, 6.07) is 1.83. The molecule has 0 bridgehead atoms. The molecule has 0 saturated heterocycles. The fraction of sp³-hybridized carbons (Fsp3) is 0.714. The lowest BCUT2D eigenvalue weighted by atomic mass is 9.96. The number of nitrogens with one attached hydrogen (secondary N) is 1. The maximum atomic E-state index is 12.1. The monoisotopic (exact) mass is 267 g/mol. The van der Waals surface area contributed by atoms with Crippen molar-refractivity contribution in [2.24, 2.45) is 5.92 Å². The number of aliphatic hydroxyl groups excluding tert-OH is 1. The minimum atomic E-state index is -0.491. The van der Waals surface area contributed by atoms with Crippen LogP contribution in [0.25, 0.3) is 0 Å². The van der Waals surface area contributed by atoms with Crippen molar-refractivity contribution in [3.05, 3.63) is 18.0 Å². The Bertz CT molecular complexity index is 397. The van der Waals surface area contributed by atoms with Crippen molar-refractivity contribution in [3.8, 4) is 0 Å². The second-order valence-corrected chi connectivity index (χ2v) is 5.11. The number of carbonyl (C=O) groups excluding carboxylic acids is 1. The zero-order chi connectivity index (χ0) is 14.4. The second-order valence-electron chi connectivity index (χ2n) is 5.11. The Morgan fingerprint density at radius 3 is 2.58 bits per heavy atom. The molecule has 0 spiro atoms. The lowest BCUT2D eigenvalue weighted by Crippen LogP contribution is -2.37. The fourth-order valence-electron chi connectivity index (χ4n) is 2.19. The normalized spacial score (nSPS) is 13.0. The first-order valence-corrected chi connectivity index (χ1v) is 7.00. The molecule has 0 aromatic carbocycles. The van der Waals surface area contributed by atoms with Crippen molar-refractivity contribution in [2.75, 3.05) is 6.54 Å². The van der Waals surface area contributed by atoms with Gasteiger partial charge in [0.05, 0.1) is 6.10 Å². The van der Waals surface area contributed by atoms with Crippen LogP contribution >= 0.6 is 0 Å². The maximum absolute atomic E-state index is 12.1. The zero-order valence-electron chi connectivity index (χ0n) is 12.3. The lowest BCUT2D eigenvalue weighted by Gasteiger charge is -2.20. The van der Waals surface area contributed by atoms with Crippen LogP contribution in [0.2, 0.25) is 0 Å². The van der Waals surface area contributed by atoms with Crippen molar-refractivity contribution in [2.45, 2.75) is 52.7 Å². The van der Waals surface area contributed by atoms with Gasteiger partial charge < -0.3 is 10.4 Å². The summed E-state index contributed by atoms with van der Waals surface area (Å²) >= 11 is 0. The number of aliphatic hydroxyl groups is 1. The largest absolute Gasteiger partial charge is 0.391 e. The summed E-state index contributed by atoms with van der Waals surface area (Å²) in [5.74, 6) is 0.0477. The number of hydrogen-bond acceptors (Lipinski definition) is 3. The number of amides is 1. The van der Waals surface area contributed by atoms with Gasteiger partial charge in [0, 0.05) is 18.8 Å². The van der Waals surface area contributed by atoms with Crippen LogP contribution in [-0.2, 0) is 0 Å². The standard InChI is InChI=1S/C14H25N3O2/c1-5-11(6-2)13(18)9-15-14(19)12-7-8-16-17(12)10(3)4/h7-8,10-11,13,18H,5-6,9H2,1-4H3,(H,15,19). The van der Waals surface area contributed by atoms with Crippen molar-refractivity contribution in [1.29, 1.82) is 0 Å². The Morgan fingerprint density at radius 1 is 1.42 bits per heavy atom. The molecule has 5 heteroatoms. The third-order valence-corrected chi connectivity index (χ3v) is 3.46. The summed E-state index contributed by atoms with van der Waals surface area (Å²) in [7, 11) is 0. The van der Waals surface area contributed by atoms with E-state index in [1.807, 2.05) is 27.7 Å². The molecule has 0 aliphatic carbocycles. The number of nitrogens with zero attached hydrogens (tertiary/aromatic N) is 2. The van der Waals surface area contributed by atoms with Gasteiger partial charge in [-0.3, -0.25) is 9.48 Å². The molecule has 1 unspecified atom stereocenters. The molecular formula is C14H25N3O2. The van der Waals surface area contributed by atoms with Crippen LogP contribution < -0.4 is 5.32 Å². The van der Waals surface area contributed by atoms with Crippen LogP contribution in [-0.4, -0.2) is 33.4 Å². The van der Waals surface area contributed by atoms with Crippen LogP contribution in [0.15, 0.2) is 12.3 Å². The minimum Gasteiger partial charge on any atom is -0.391 e. The van der Waals surface area contributed by atoms with Crippen LogP contribution in [0, 0.1) is 5.92 Å². The fourth-order valence-corrected chi connectivity index (χ4v) is 2.19. The third-order valence-electron chi connectivity index (χ3n) is 3.46. The summed E-state index contributed by atoms with van der Waals surface area (Å²) < 4.78 is 1.68. The predicted molar refractivity (Wildman–Crippen MR) is 75.0 cm³/mol. The van der Waals surface area contributed by atoms with Crippen LogP contribution in [0.3, 0.4) is 0 Å². The van der Waals surface area contributed by atoms with E-state index in [0.717, 1.165) is 12.8 Å². The van der Waals surface area contributed by atoms with Crippen molar-refractivity contribution in [3.63, 3.8) is 0 Å². The van der Waals surface area contributed by atoms with E-state index < -0.39 is 6.10 Å². The highest BCUT2D eigenvalue weighted by molar-refractivity contribution is 5.92. The molecule has 1 rings (SSSR count). The minimum absolute atomic E-state index is 0.139. The molecular weight excluding hydrogens is 242 g/mol. The van der Waals surface area contributed by atoms with E-state index in [1.165, 1.54) is 0 Å². The second kappa shape index (κ2) is 7.28. The van der Waals surface area contributed by atoms with E-state index >= 15 is 0 Å². The van der Waals surface area contributed by atoms with E-state index in [2.05, 4.69) is 10.4 Å². The average Bonchev–Trinajstić information content (AvgIpc) is 2.86. The highest BCUT2D eigenvalue weighted by Crippen LogP contribution is 2.13. The Kier molecular flexibility index (Phi) is 6.02. The molecule has 108 valence electrons. The van der Waals surface area contributed by atoms with E-state index in [1.54, 1.807) is 16.9 Å². The Balaban J connectivity index is 2.58. The predicted octanol–water partition coefficient (Wildman–Crippen LogP) is 1.99. The first-order chi connectivity index (χ1) is 9.01. The third kappa shape index (κ3) is 4.06. The topological polar surface area (TPSA) is 67.2 Å². The Hall–Kier alpha value is -1.36. The molecule has 0 radical (unpaired) electrons. The van der Waals surface area contributed by atoms with Crippen molar-refractivity contribution in [1.82, 2.24) is 15.1 Å². The quantitative estimate of drug-likeness (QED) is 0.794. The SMILES string of the molecule is CCC(CC)C(O)CNC(=O)c1ccnn1C(C)C. The van der Waals surface area contributed by atoms with Crippen LogP contribution in [0.5, 0.6) is 0 Å². The van der Waals surface area contributed by atoms with Gasteiger partial charge in [0.25, 0.3) is 5.91 Å². The first-order valence-electron chi connectivity index (χ1n) is 7.00. The van der Waals surface area contributed by atoms with Gasteiger partial charge in [0.2, 0.25) is 0 Å². The first kappa shape index (κ1) is 15.7. The molecule has 2 N–H and O–H groups in total. The number of carbonyl (C=O) groups is 1. The van der Waals surface area contributed by atoms with Gasteiger partial charge in [0.1, 0.15) is 5.69 Å². The lowest BCUT2D eigenvalue weighted by molar-refractivity contribution is 0.0807. The number of hydrogen-bond donors (Lipinski definition) is 2. The molecule has 0 saturated carbocycles. The van der Waals surface area contributed by atoms with Gasteiger partial charge in [-0.15, -0.1) is 0 Å². The molecule has 1 atom stereocenters. The molecule has 1 heterocycles. The van der Waals surface area contributed by atoms with E-state index in [4.69, 9.17) is 0 Å². The highest BCUT2D eigenvalue weighted by atomic mass is 16.3. The molecule has 0 aliphatic heterocycles. The van der Waals surface area contributed by atoms with Gasteiger partial charge in [-0.25, -0.2) is 0 Å². The smallest absolute Gasteiger partial charge is 0.269 e. The van der Waals surface area contributed by atoms with E-state index in [9.17, 15) is 9.90 Å².